The Labute approximate surface area is 203 Å². The van der Waals surface area contributed by atoms with Gasteiger partial charge in [-0.3, -0.25) is 0 Å². The maximum atomic E-state index is 14.3. The highest BCUT2D eigenvalue weighted by Crippen LogP contribution is 2.19. The number of nitrogens with zero attached hydrogens (tertiary/aromatic N) is 2. The van der Waals surface area contributed by atoms with Crippen LogP contribution in [0.4, 0.5) is 9.18 Å². The monoisotopic (exact) mass is 440 g/mol. The second kappa shape index (κ2) is 11.1. The molecule has 0 spiro atoms. The van der Waals surface area contributed by atoms with Crippen molar-refractivity contribution < 1.29 is 31.7 Å². The topological polar surface area (TPSA) is 44.8 Å². The molecule has 0 saturated carbocycles. The Bertz CT molecular complexity index is 1330. The molecule has 0 aliphatic carbocycles. The van der Waals surface area contributed by atoms with E-state index in [2.05, 4.69) is 5.32 Å². The van der Waals surface area contributed by atoms with Crippen molar-refractivity contribution in [2.45, 2.75) is 45.7 Å². The first kappa shape index (κ1) is 11.3. The third-order valence-corrected chi connectivity index (χ3v) is 4.46. The van der Waals surface area contributed by atoms with Crippen LogP contribution in [-0.2, 0) is 13.0 Å². The van der Waals surface area contributed by atoms with E-state index in [1.54, 1.807) is 13.8 Å². The highest BCUT2D eigenvalue weighted by Gasteiger charge is 2.27. The fourth-order valence-corrected chi connectivity index (χ4v) is 2.88. The molecule has 0 radical (unpaired) electrons. The lowest BCUT2D eigenvalue weighted by Crippen LogP contribution is -2.49. The van der Waals surface area contributed by atoms with Crippen LogP contribution >= 0.6 is 0 Å². The molecular weight excluding hydrogens is 393 g/mol. The molecule has 1 saturated heterocycles. The van der Waals surface area contributed by atoms with Crippen LogP contribution in [0.15, 0.2) is 48.4 Å². The zero-order valence-corrected chi connectivity index (χ0v) is 17.4. The van der Waals surface area contributed by atoms with E-state index in [1.165, 1.54) is 24.3 Å². The van der Waals surface area contributed by atoms with Gasteiger partial charge >= 0.3 is 6.03 Å². The molecule has 6 heteroatoms. The molecule has 2 amide bonds. The average molecular weight is 441 g/mol. The third kappa shape index (κ3) is 7.24. The van der Waals surface area contributed by atoms with Gasteiger partial charge in [-0.2, -0.15) is 0 Å². The van der Waals surface area contributed by atoms with Crippen LogP contribution in [0, 0.1) is 11.7 Å². The van der Waals surface area contributed by atoms with Gasteiger partial charge in [0.15, 0.2) is 0 Å². The van der Waals surface area contributed by atoms with E-state index in [4.69, 9.17) is 22.6 Å². The van der Waals surface area contributed by atoms with Crippen LogP contribution in [0.5, 0.6) is 5.75 Å². The van der Waals surface area contributed by atoms with Crippen molar-refractivity contribution in [3.8, 4) is 5.75 Å². The van der Waals surface area contributed by atoms with Gasteiger partial charge < -0.3 is 19.9 Å². The molecule has 0 unspecified atom stereocenters. The summed E-state index contributed by atoms with van der Waals surface area (Å²) >= 11 is 0. The van der Waals surface area contributed by atoms with Gasteiger partial charge in [-0.05, 0) is 74.2 Å². The Kier molecular flexibility index (Phi) is 4.07. The van der Waals surface area contributed by atoms with Gasteiger partial charge in [0, 0.05) is 23.1 Å². The van der Waals surface area contributed by atoms with E-state index >= 15 is 0 Å². The average Bonchev–Trinajstić information content (AvgIpc) is 2.90. The van der Waals surface area contributed by atoms with Crippen molar-refractivity contribution in [2.75, 3.05) is 26.6 Å². The van der Waals surface area contributed by atoms with Gasteiger partial charge in [0.25, 0.3) is 0 Å². The number of rotatable bonds is 8. The van der Waals surface area contributed by atoms with Gasteiger partial charge in [0.2, 0.25) is 0 Å². The number of nitrogens with one attached hydrogen (secondary N) is 1. The predicted molar refractivity (Wildman–Crippen MR) is 121 cm³/mol. The Balaban J connectivity index is 2.01. The molecule has 1 fully saturated rings. The van der Waals surface area contributed by atoms with Crippen LogP contribution in [-0.4, -0.2) is 48.5 Å². The normalized spacial score (nSPS) is 23.0. The van der Waals surface area contributed by atoms with Crippen LogP contribution in [0.25, 0.3) is 0 Å². The first-order valence-corrected chi connectivity index (χ1v) is 9.94. The van der Waals surface area contributed by atoms with Gasteiger partial charge in [-0.15, -0.1) is 0 Å². The Hall–Kier alpha value is -2.60. The molecular formula is C25H34FN3O2. The number of benzene rings is 2. The predicted octanol–water partition coefficient (Wildman–Crippen LogP) is 4.67. The fraction of sp³-hybridized carbons (Fsp3) is 0.480. The summed E-state index contributed by atoms with van der Waals surface area (Å²) < 4.78 is 125. The minimum Gasteiger partial charge on any atom is -0.493 e. The van der Waals surface area contributed by atoms with Crippen LogP contribution in [0.1, 0.15) is 55.6 Å². The quantitative estimate of drug-likeness (QED) is 0.649. The first-order valence-electron chi connectivity index (χ1n) is 16.4. The number of hydrogen-bond donors (Lipinski definition) is 1. The van der Waals surface area contributed by atoms with Crippen molar-refractivity contribution in [1.82, 2.24) is 15.1 Å². The molecule has 1 aliphatic heterocycles. The Morgan fingerprint density at radius 3 is 2.55 bits per heavy atom. The molecule has 3 rings (SSSR count). The SMILES string of the molecule is [2H]c1c([2H])c(C([2H])([2H])N(C(=O)NC([2H])([2H])c2ccc(OC([2H])([2H])C(C)C)cc2)C2CCN(C([2H])([2H])[2H])CC2)c([2H])c([2H])c1F. The molecule has 0 aromatic heterocycles. The smallest absolute Gasteiger partial charge is 0.318 e. The number of carbonyl (C=O) groups is 1. The van der Waals surface area contributed by atoms with Crippen LogP contribution in [0.3, 0.4) is 0 Å². The number of carbonyl (C=O) groups excluding carboxylic acids is 1. The van der Waals surface area contributed by atoms with E-state index in [1.807, 2.05) is 0 Å². The Morgan fingerprint density at radius 2 is 1.94 bits per heavy atom. The van der Waals surface area contributed by atoms with Crippen LogP contribution in [0.2, 0.25) is 0 Å². The molecule has 1 aliphatic rings. The summed E-state index contributed by atoms with van der Waals surface area (Å²) in [5, 5.41) is 2.10. The number of urea groups is 1. The lowest BCUT2D eigenvalue weighted by molar-refractivity contribution is 0.127. The maximum absolute atomic E-state index is 14.3. The molecule has 168 valence electrons. The summed E-state index contributed by atoms with van der Waals surface area (Å²) in [6.07, 6.45) is -0.191. The third-order valence-electron chi connectivity index (χ3n) is 4.46. The first-order chi connectivity index (χ1) is 20.0. The highest BCUT2D eigenvalue weighted by molar-refractivity contribution is 5.74. The Morgan fingerprint density at radius 1 is 1.26 bits per heavy atom. The minimum absolute atomic E-state index is 0.0909. The molecule has 0 atom stereocenters. The highest BCUT2D eigenvalue weighted by atomic mass is 19.1. The minimum atomic E-state index is -3.14. The summed E-state index contributed by atoms with van der Waals surface area (Å²) in [5.74, 6) is -1.91. The largest absolute Gasteiger partial charge is 0.493 e. The van der Waals surface area contributed by atoms with Crippen molar-refractivity contribution in [1.29, 1.82) is 0 Å². The molecule has 1 N–H and O–H groups in total. The van der Waals surface area contributed by atoms with Gasteiger partial charge in [-0.1, -0.05) is 38.1 Å². The molecule has 1 heterocycles. The van der Waals surface area contributed by atoms with E-state index in [0.29, 0.717) is 4.90 Å². The second-order valence-electron chi connectivity index (χ2n) is 7.34. The summed E-state index contributed by atoms with van der Waals surface area (Å²) in [7, 11) is 0. The van der Waals surface area contributed by atoms with Gasteiger partial charge in [-0.25, -0.2) is 9.18 Å². The molecule has 2 aromatic rings. The molecule has 2 aromatic carbocycles. The summed E-state index contributed by atoms with van der Waals surface area (Å²) in [6, 6.07) is -1.79. The number of amides is 2. The fourth-order valence-electron chi connectivity index (χ4n) is 2.88. The maximum Gasteiger partial charge on any atom is 0.318 e. The number of halogens is 1. The summed E-state index contributed by atoms with van der Waals surface area (Å²) in [6.45, 7) is -7.22. The van der Waals surface area contributed by atoms with Gasteiger partial charge in [0.05, 0.1) is 20.3 Å². The number of ether oxygens (including phenoxy) is 1. The van der Waals surface area contributed by atoms with Crippen molar-refractivity contribution in [3.05, 3.63) is 65.4 Å². The molecule has 0 bridgehead atoms. The van der Waals surface area contributed by atoms with E-state index in [0.717, 1.165) is 4.90 Å². The molecule has 5 nitrogen and oxygen atoms in total. The van der Waals surface area contributed by atoms with Crippen molar-refractivity contribution in [3.63, 3.8) is 0 Å². The number of piperidine rings is 1. The number of hydrogen-bond acceptors (Lipinski definition) is 3. The van der Waals surface area contributed by atoms with E-state index in [-0.39, 0.29) is 37.2 Å². The van der Waals surface area contributed by atoms with E-state index < -0.39 is 80.1 Å². The number of likely N-dealkylation sites (tertiary alicyclic amines) is 1. The molecule has 31 heavy (non-hydrogen) atoms. The second-order valence-corrected chi connectivity index (χ2v) is 7.34. The standard InChI is InChI=1S/C25H34FN3O2/c1-19(2)18-31-24-10-6-20(7-11-24)16-27-25(30)29(23-12-14-28(3)15-13-23)17-21-4-8-22(26)9-5-21/h4-11,19,23H,12-18H2,1-3H3,(H,27,30)/i3D3,4D,5D,8D,9D,16D2,17D2,18D2. The van der Waals surface area contributed by atoms with Crippen molar-refractivity contribution >= 4 is 6.03 Å². The lowest BCUT2D eigenvalue weighted by Gasteiger charge is -2.37. The summed E-state index contributed by atoms with van der Waals surface area (Å²) in [4.78, 5) is 15.4. The zero-order chi connectivity index (χ0) is 33.6. The summed E-state index contributed by atoms with van der Waals surface area (Å²) in [5.41, 5.74) is -1.06. The van der Waals surface area contributed by atoms with E-state index in [9.17, 15) is 9.18 Å². The van der Waals surface area contributed by atoms with Crippen LogP contribution < -0.4 is 10.1 Å². The lowest BCUT2D eigenvalue weighted by atomic mass is 10.0. The van der Waals surface area contributed by atoms with Crippen molar-refractivity contribution in [2.24, 2.45) is 5.92 Å². The van der Waals surface area contributed by atoms with Gasteiger partial charge in [0.1, 0.15) is 11.6 Å². The zero-order valence-electron chi connectivity index (χ0n) is 30.4.